The number of fused-ring (bicyclic) bond motifs is 1. The third kappa shape index (κ3) is 3.24. The molecule has 0 atom stereocenters. The predicted molar refractivity (Wildman–Crippen MR) is 88.6 cm³/mol. The molecule has 1 aromatic heterocycles. The molecule has 24 heavy (non-hydrogen) atoms. The van der Waals surface area contributed by atoms with E-state index in [4.69, 9.17) is 0 Å². The van der Waals surface area contributed by atoms with E-state index in [9.17, 15) is 13.2 Å². The summed E-state index contributed by atoms with van der Waals surface area (Å²) in [5.41, 5.74) is 1.88. The van der Waals surface area contributed by atoms with Crippen molar-refractivity contribution in [3.05, 3.63) is 54.4 Å². The number of aromatic nitrogens is 2. The number of rotatable bonds is 3. The zero-order chi connectivity index (χ0) is 17.3. The molecule has 0 aliphatic carbocycles. The molecule has 0 aliphatic rings. The average molecular weight is 332 g/mol. The van der Waals surface area contributed by atoms with Gasteiger partial charge in [0.15, 0.2) is 0 Å². The smallest absolute Gasteiger partial charge is 0.378 e. The molecule has 4 nitrogen and oxygen atoms in total. The molecule has 3 rings (SSSR count). The zero-order valence-corrected chi connectivity index (χ0v) is 13.1. The first kappa shape index (κ1) is 16.0. The molecule has 124 valence electrons. The molecule has 3 aromatic rings. The van der Waals surface area contributed by atoms with Crippen LogP contribution in [-0.2, 0) is 6.18 Å². The fourth-order valence-electron chi connectivity index (χ4n) is 2.28. The van der Waals surface area contributed by atoms with Gasteiger partial charge in [-0.2, -0.15) is 13.2 Å². The number of hydrogen-bond donors (Lipinski definition) is 1. The van der Waals surface area contributed by atoms with Crippen LogP contribution >= 0.6 is 0 Å². The van der Waals surface area contributed by atoms with Gasteiger partial charge in [0.25, 0.3) is 0 Å². The highest BCUT2D eigenvalue weighted by molar-refractivity contribution is 5.90. The lowest BCUT2D eigenvalue weighted by molar-refractivity contribution is -0.144. The summed E-state index contributed by atoms with van der Waals surface area (Å²) in [4.78, 5) is 9.21. The maximum absolute atomic E-state index is 13.0. The third-order valence-corrected chi connectivity index (χ3v) is 3.50. The first-order chi connectivity index (χ1) is 11.3. The Bertz CT molecular complexity index is 858. The van der Waals surface area contributed by atoms with Crippen molar-refractivity contribution in [2.24, 2.45) is 0 Å². The SMILES string of the molecule is CN(C)c1ccc(Nc2nc(C(F)(F)F)nc3ccccc23)cc1. The van der Waals surface area contributed by atoms with Crippen LogP contribution in [0.1, 0.15) is 5.82 Å². The van der Waals surface area contributed by atoms with Gasteiger partial charge in [0.05, 0.1) is 5.52 Å². The molecule has 0 radical (unpaired) electrons. The van der Waals surface area contributed by atoms with Crippen LogP contribution in [0.15, 0.2) is 48.5 Å². The van der Waals surface area contributed by atoms with E-state index in [1.54, 1.807) is 30.3 Å². The standard InChI is InChI=1S/C17H15F3N4/c1-24(2)12-9-7-11(8-10-12)21-15-13-5-3-4-6-14(13)22-16(23-15)17(18,19)20/h3-10H,1-2H3,(H,21,22,23). The van der Waals surface area contributed by atoms with Crippen molar-refractivity contribution in [3.8, 4) is 0 Å². The number of alkyl halides is 3. The van der Waals surface area contributed by atoms with Crippen molar-refractivity contribution in [1.82, 2.24) is 9.97 Å². The number of para-hydroxylation sites is 1. The average Bonchev–Trinajstić information content (AvgIpc) is 2.54. The molecule has 0 spiro atoms. The predicted octanol–water partition coefficient (Wildman–Crippen LogP) is 4.46. The Morgan fingerprint density at radius 3 is 2.21 bits per heavy atom. The summed E-state index contributed by atoms with van der Waals surface area (Å²) in [6, 6.07) is 13.9. The third-order valence-electron chi connectivity index (χ3n) is 3.50. The number of benzene rings is 2. The molecule has 0 saturated heterocycles. The highest BCUT2D eigenvalue weighted by atomic mass is 19.4. The number of nitrogens with zero attached hydrogens (tertiary/aromatic N) is 3. The highest BCUT2D eigenvalue weighted by Gasteiger charge is 2.35. The van der Waals surface area contributed by atoms with Crippen LogP contribution in [0.3, 0.4) is 0 Å². The Balaban J connectivity index is 2.04. The molecule has 0 aliphatic heterocycles. The Hall–Kier alpha value is -2.83. The monoisotopic (exact) mass is 332 g/mol. The van der Waals surface area contributed by atoms with E-state index < -0.39 is 12.0 Å². The normalized spacial score (nSPS) is 11.5. The van der Waals surface area contributed by atoms with Crippen LogP contribution in [0.5, 0.6) is 0 Å². The van der Waals surface area contributed by atoms with Gasteiger partial charge in [-0.15, -0.1) is 0 Å². The zero-order valence-electron chi connectivity index (χ0n) is 13.1. The van der Waals surface area contributed by atoms with E-state index in [1.807, 2.05) is 31.1 Å². The van der Waals surface area contributed by atoms with Crippen LogP contribution in [0.4, 0.5) is 30.4 Å². The lowest BCUT2D eigenvalue weighted by Crippen LogP contribution is -2.12. The van der Waals surface area contributed by atoms with Gasteiger partial charge in [0.1, 0.15) is 5.82 Å². The van der Waals surface area contributed by atoms with E-state index in [0.717, 1.165) is 5.69 Å². The van der Waals surface area contributed by atoms with Crippen LogP contribution in [0.25, 0.3) is 10.9 Å². The van der Waals surface area contributed by atoms with Gasteiger partial charge in [0.2, 0.25) is 5.82 Å². The van der Waals surface area contributed by atoms with Gasteiger partial charge < -0.3 is 10.2 Å². The van der Waals surface area contributed by atoms with E-state index in [2.05, 4.69) is 15.3 Å². The summed E-state index contributed by atoms with van der Waals surface area (Å²) in [6.45, 7) is 0. The van der Waals surface area contributed by atoms with Gasteiger partial charge in [-0.1, -0.05) is 12.1 Å². The molecular weight excluding hydrogens is 317 g/mol. The fourth-order valence-corrected chi connectivity index (χ4v) is 2.28. The summed E-state index contributed by atoms with van der Waals surface area (Å²) < 4.78 is 39.1. The van der Waals surface area contributed by atoms with Crippen LogP contribution < -0.4 is 10.2 Å². The topological polar surface area (TPSA) is 41.0 Å². The Morgan fingerprint density at radius 2 is 1.58 bits per heavy atom. The van der Waals surface area contributed by atoms with Crippen molar-refractivity contribution in [3.63, 3.8) is 0 Å². The second-order valence-electron chi connectivity index (χ2n) is 5.48. The minimum atomic E-state index is -4.60. The Morgan fingerprint density at radius 1 is 0.917 bits per heavy atom. The van der Waals surface area contributed by atoms with Gasteiger partial charge in [-0.05, 0) is 36.4 Å². The lowest BCUT2D eigenvalue weighted by atomic mass is 10.2. The minimum Gasteiger partial charge on any atom is -0.378 e. The highest BCUT2D eigenvalue weighted by Crippen LogP contribution is 2.31. The van der Waals surface area contributed by atoms with Crippen molar-refractivity contribution >= 4 is 28.1 Å². The van der Waals surface area contributed by atoms with Crippen molar-refractivity contribution < 1.29 is 13.2 Å². The maximum atomic E-state index is 13.0. The molecule has 0 unspecified atom stereocenters. The summed E-state index contributed by atoms with van der Waals surface area (Å²) in [6.07, 6.45) is -4.60. The second kappa shape index (κ2) is 5.99. The van der Waals surface area contributed by atoms with Gasteiger partial charge in [-0.25, -0.2) is 9.97 Å². The molecule has 0 saturated carbocycles. The molecule has 1 N–H and O–H groups in total. The molecule has 1 heterocycles. The van der Waals surface area contributed by atoms with Gasteiger partial charge in [0, 0.05) is 30.9 Å². The van der Waals surface area contributed by atoms with Gasteiger partial charge >= 0.3 is 6.18 Å². The number of hydrogen-bond acceptors (Lipinski definition) is 4. The lowest BCUT2D eigenvalue weighted by Gasteiger charge is -2.14. The van der Waals surface area contributed by atoms with Crippen LogP contribution in [0, 0.1) is 0 Å². The summed E-state index contributed by atoms with van der Waals surface area (Å²) in [7, 11) is 3.83. The minimum absolute atomic E-state index is 0.130. The van der Waals surface area contributed by atoms with Crippen molar-refractivity contribution in [2.75, 3.05) is 24.3 Å². The first-order valence-electron chi connectivity index (χ1n) is 7.23. The summed E-state index contributed by atoms with van der Waals surface area (Å²) in [5, 5.41) is 3.49. The van der Waals surface area contributed by atoms with E-state index in [0.29, 0.717) is 11.1 Å². The number of anilines is 3. The fraction of sp³-hybridized carbons (Fsp3) is 0.176. The number of halogens is 3. The summed E-state index contributed by atoms with van der Waals surface area (Å²) >= 11 is 0. The molecular formula is C17H15F3N4. The van der Waals surface area contributed by atoms with E-state index in [1.165, 1.54) is 6.07 Å². The molecule has 0 fully saturated rings. The largest absolute Gasteiger partial charge is 0.451 e. The second-order valence-corrected chi connectivity index (χ2v) is 5.48. The molecule has 7 heteroatoms. The van der Waals surface area contributed by atoms with Crippen molar-refractivity contribution in [1.29, 1.82) is 0 Å². The van der Waals surface area contributed by atoms with E-state index in [-0.39, 0.29) is 11.3 Å². The first-order valence-corrected chi connectivity index (χ1v) is 7.23. The molecule has 2 aromatic carbocycles. The van der Waals surface area contributed by atoms with Crippen LogP contribution in [0.2, 0.25) is 0 Å². The molecule has 0 bridgehead atoms. The maximum Gasteiger partial charge on any atom is 0.451 e. The summed E-state index contributed by atoms with van der Waals surface area (Å²) in [5.74, 6) is -1.03. The molecule has 0 amide bonds. The van der Waals surface area contributed by atoms with Crippen LogP contribution in [-0.4, -0.2) is 24.1 Å². The van der Waals surface area contributed by atoms with E-state index >= 15 is 0 Å². The van der Waals surface area contributed by atoms with Crippen molar-refractivity contribution in [2.45, 2.75) is 6.18 Å². The quantitative estimate of drug-likeness (QED) is 0.769. The Kier molecular flexibility index (Phi) is 4.01. The van der Waals surface area contributed by atoms with Gasteiger partial charge in [-0.3, -0.25) is 0 Å². The number of nitrogens with one attached hydrogen (secondary N) is 1. The Labute approximate surface area is 137 Å².